The van der Waals surface area contributed by atoms with Gasteiger partial charge in [0.1, 0.15) is 12.4 Å². The predicted molar refractivity (Wildman–Crippen MR) is 111 cm³/mol. The molecule has 1 saturated carbocycles. The van der Waals surface area contributed by atoms with Gasteiger partial charge in [-0.05, 0) is 67.7 Å². The van der Waals surface area contributed by atoms with Crippen LogP contribution in [0, 0.1) is 17.3 Å². The molecule has 2 atom stereocenters. The van der Waals surface area contributed by atoms with Gasteiger partial charge in [-0.25, -0.2) is 4.21 Å². The molecule has 0 radical (unpaired) electrons. The molecular weight excluding hydrogens is 356 g/mol. The average molecular weight is 387 g/mol. The van der Waals surface area contributed by atoms with Crippen LogP contribution in [0.3, 0.4) is 0 Å². The van der Waals surface area contributed by atoms with E-state index < -0.39 is 11.1 Å². The summed E-state index contributed by atoms with van der Waals surface area (Å²) < 4.78 is 26.4. The van der Waals surface area contributed by atoms with Crippen LogP contribution in [0.1, 0.15) is 69.8 Å². The molecule has 1 N–H and O–H groups in total. The standard InChI is InChI=1S/C23H30O3S/c1-2-7-21(18-27(24)25)20-9-11-22(12-10-20)26-17-19-8-6-15-23(16-19)13-4-3-5-14-23/h9-12,16,21H,3-6,8,13-15,17-18H2,1H3,(H,24,25). The highest BCUT2D eigenvalue weighted by Gasteiger charge is 2.32. The van der Waals surface area contributed by atoms with Crippen LogP contribution in [0.4, 0.5) is 0 Å². The van der Waals surface area contributed by atoms with Gasteiger partial charge in [-0.15, -0.1) is 5.92 Å². The van der Waals surface area contributed by atoms with Crippen LogP contribution in [-0.4, -0.2) is 21.1 Å². The molecule has 3 nitrogen and oxygen atoms in total. The molecule has 0 aromatic heterocycles. The highest BCUT2D eigenvalue weighted by atomic mass is 32.2. The highest BCUT2D eigenvalue weighted by molar-refractivity contribution is 7.79. The van der Waals surface area contributed by atoms with Crippen molar-refractivity contribution < 1.29 is 13.5 Å². The summed E-state index contributed by atoms with van der Waals surface area (Å²) in [6.07, 6.45) is 13.1. The van der Waals surface area contributed by atoms with Crippen LogP contribution in [0.2, 0.25) is 0 Å². The molecule has 0 bridgehead atoms. The van der Waals surface area contributed by atoms with Crippen LogP contribution in [0.25, 0.3) is 0 Å². The van der Waals surface area contributed by atoms with E-state index >= 15 is 0 Å². The van der Waals surface area contributed by atoms with E-state index in [-0.39, 0.29) is 11.7 Å². The van der Waals surface area contributed by atoms with Crippen molar-refractivity contribution in [3.05, 3.63) is 41.5 Å². The van der Waals surface area contributed by atoms with Crippen LogP contribution >= 0.6 is 0 Å². The van der Waals surface area contributed by atoms with E-state index in [1.54, 1.807) is 6.92 Å². The van der Waals surface area contributed by atoms with E-state index in [9.17, 15) is 8.76 Å². The fourth-order valence-corrected chi connectivity index (χ4v) is 5.08. The van der Waals surface area contributed by atoms with Crippen LogP contribution in [-0.2, 0) is 11.1 Å². The molecule has 0 aliphatic heterocycles. The van der Waals surface area contributed by atoms with Gasteiger partial charge in [0, 0.05) is 0 Å². The van der Waals surface area contributed by atoms with Crippen molar-refractivity contribution in [2.45, 2.75) is 64.2 Å². The minimum absolute atomic E-state index is 0.135. The maximum Gasteiger partial charge on any atom is 0.154 e. The van der Waals surface area contributed by atoms with Crippen molar-refractivity contribution in [2.24, 2.45) is 5.41 Å². The minimum Gasteiger partial charge on any atom is -0.489 e. The lowest BCUT2D eigenvalue weighted by Crippen LogP contribution is -2.25. The van der Waals surface area contributed by atoms with Gasteiger partial charge in [0.15, 0.2) is 11.1 Å². The fourth-order valence-electron chi connectivity index (χ4n) is 4.52. The van der Waals surface area contributed by atoms with Crippen molar-refractivity contribution in [1.29, 1.82) is 0 Å². The molecule has 2 aliphatic rings. The molecule has 3 rings (SSSR count). The average Bonchev–Trinajstić information content (AvgIpc) is 2.67. The number of rotatable bonds is 6. The van der Waals surface area contributed by atoms with Crippen molar-refractivity contribution in [2.75, 3.05) is 12.4 Å². The molecule has 1 aromatic rings. The largest absolute Gasteiger partial charge is 0.489 e. The van der Waals surface area contributed by atoms with Gasteiger partial charge in [-0.3, -0.25) is 0 Å². The zero-order valence-electron chi connectivity index (χ0n) is 16.2. The van der Waals surface area contributed by atoms with Crippen molar-refractivity contribution in [3.63, 3.8) is 0 Å². The first-order valence-electron chi connectivity index (χ1n) is 10.0. The number of hydrogen-bond acceptors (Lipinski definition) is 2. The van der Waals surface area contributed by atoms with Gasteiger partial charge < -0.3 is 9.29 Å². The number of benzene rings is 1. The molecule has 4 heteroatoms. The van der Waals surface area contributed by atoms with E-state index in [1.807, 2.05) is 24.3 Å². The number of ether oxygens (including phenoxy) is 1. The lowest BCUT2D eigenvalue weighted by atomic mass is 9.67. The third-order valence-corrected chi connectivity index (χ3v) is 6.49. The van der Waals surface area contributed by atoms with Crippen LogP contribution < -0.4 is 4.74 Å². The van der Waals surface area contributed by atoms with Crippen molar-refractivity contribution in [3.8, 4) is 17.6 Å². The molecule has 2 unspecified atom stereocenters. The third-order valence-electron chi connectivity index (χ3n) is 5.87. The van der Waals surface area contributed by atoms with Crippen LogP contribution in [0.5, 0.6) is 5.75 Å². The zero-order valence-corrected chi connectivity index (χ0v) is 17.0. The first-order valence-corrected chi connectivity index (χ1v) is 11.3. The number of hydrogen-bond donors (Lipinski definition) is 1. The van der Waals surface area contributed by atoms with Crippen LogP contribution in [0.15, 0.2) is 35.9 Å². The Balaban J connectivity index is 1.61. The summed E-state index contributed by atoms with van der Waals surface area (Å²) in [5.74, 6) is 6.62. The monoisotopic (exact) mass is 386 g/mol. The summed E-state index contributed by atoms with van der Waals surface area (Å²) in [7, 11) is 0. The van der Waals surface area contributed by atoms with E-state index in [1.165, 1.54) is 50.5 Å². The first kappa shape index (κ1) is 20.2. The summed E-state index contributed by atoms with van der Waals surface area (Å²) >= 11 is -1.86. The molecule has 1 spiro atoms. The minimum atomic E-state index is -1.86. The second-order valence-electron chi connectivity index (χ2n) is 7.87. The molecule has 1 aromatic carbocycles. The van der Waals surface area contributed by atoms with E-state index in [4.69, 9.17) is 4.74 Å². The molecule has 146 valence electrons. The Kier molecular flexibility index (Phi) is 7.15. The summed E-state index contributed by atoms with van der Waals surface area (Å²) in [6, 6.07) is 7.80. The van der Waals surface area contributed by atoms with Crippen molar-refractivity contribution in [1.82, 2.24) is 0 Å². The second kappa shape index (κ2) is 9.57. The van der Waals surface area contributed by atoms with Gasteiger partial charge in [0.25, 0.3) is 0 Å². The molecule has 1 fully saturated rings. The molecule has 2 aliphatic carbocycles. The summed E-state index contributed by atoms with van der Waals surface area (Å²) in [6.45, 7) is 2.42. The molecule has 27 heavy (non-hydrogen) atoms. The van der Waals surface area contributed by atoms with E-state index in [0.29, 0.717) is 12.0 Å². The Labute approximate surface area is 165 Å². The Morgan fingerprint density at radius 3 is 2.52 bits per heavy atom. The highest BCUT2D eigenvalue weighted by Crippen LogP contribution is 2.45. The Bertz CT molecular complexity index is 733. The molecular formula is C23H30O3S. The Morgan fingerprint density at radius 2 is 1.85 bits per heavy atom. The second-order valence-corrected chi connectivity index (χ2v) is 8.85. The summed E-state index contributed by atoms with van der Waals surface area (Å²) in [5.41, 5.74) is 2.85. The quantitative estimate of drug-likeness (QED) is 0.401. The van der Waals surface area contributed by atoms with Gasteiger partial charge in [-0.1, -0.05) is 43.4 Å². The van der Waals surface area contributed by atoms with Gasteiger partial charge in [0.05, 0.1) is 11.7 Å². The van der Waals surface area contributed by atoms with Gasteiger partial charge in [-0.2, -0.15) is 0 Å². The first-order chi connectivity index (χ1) is 13.1. The summed E-state index contributed by atoms with van der Waals surface area (Å²) in [4.78, 5) is 0. The molecule has 0 heterocycles. The third kappa shape index (κ3) is 5.70. The van der Waals surface area contributed by atoms with Gasteiger partial charge in [0.2, 0.25) is 0 Å². The topological polar surface area (TPSA) is 46.5 Å². The lowest BCUT2D eigenvalue weighted by molar-refractivity contribution is 0.216. The predicted octanol–water partition coefficient (Wildman–Crippen LogP) is 5.45. The molecule has 0 amide bonds. The smallest absolute Gasteiger partial charge is 0.154 e. The maximum absolute atomic E-state index is 11.1. The SMILES string of the molecule is CC#CC(CS(=O)O)c1ccc(OCC2=CC3(CCCCC3)CCC2)cc1. The van der Waals surface area contributed by atoms with Gasteiger partial charge >= 0.3 is 0 Å². The van der Waals surface area contributed by atoms with E-state index in [2.05, 4.69) is 17.9 Å². The zero-order chi connectivity index (χ0) is 19.1. The molecule has 0 saturated heterocycles. The van der Waals surface area contributed by atoms with E-state index in [0.717, 1.165) is 17.7 Å². The van der Waals surface area contributed by atoms with Crippen molar-refractivity contribution >= 4 is 11.1 Å². The Hall–Kier alpha value is -1.57. The maximum atomic E-state index is 11.1. The summed E-state index contributed by atoms with van der Waals surface area (Å²) in [5, 5.41) is 0. The fraction of sp³-hybridized carbons (Fsp3) is 0.565. The lowest BCUT2D eigenvalue weighted by Gasteiger charge is -2.38. The normalized spacial score (nSPS) is 20.9. The number of allylic oxidation sites excluding steroid dienone is 1. The Morgan fingerprint density at radius 1 is 1.15 bits per heavy atom.